The van der Waals surface area contributed by atoms with Crippen LogP contribution in [0.3, 0.4) is 0 Å². The molecule has 3 heteroatoms. The molecule has 94 valence electrons. The zero-order valence-corrected chi connectivity index (χ0v) is 11.2. The summed E-state index contributed by atoms with van der Waals surface area (Å²) < 4.78 is 13.3. The maximum atomic E-state index is 13.3. The third-order valence-corrected chi connectivity index (χ3v) is 4.82. The summed E-state index contributed by atoms with van der Waals surface area (Å²) in [6.45, 7) is 0. The van der Waals surface area contributed by atoms with Crippen molar-refractivity contribution in [2.24, 2.45) is 0 Å². The van der Waals surface area contributed by atoms with Crippen LogP contribution in [0.25, 0.3) is 0 Å². The fourth-order valence-corrected chi connectivity index (χ4v) is 4.05. The fourth-order valence-electron chi connectivity index (χ4n) is 2.65. The molecule has 18 heavy (non-hydrogen) atoms. The van der Waals surface area contributed by atoms with Crippen molar-refractivity contribution in [2.45, 2.75) is 25.3 Å². The van der Waals surface area contributed by atoms with Crippen LogP contribution in [-0.2, 0) is 12.8 Å². The van der Waals surface area contributed by atoms with E-state index in [2.05, 4.69) is 11.4 Å². The lowest BCUT2D eigenvalue weighted by molar-refractivity contribution is 0.618. The van der Waals surface area contributed by atoms with E-state index in [0.717, 1.165) is 5.56 Å². The van der Waals surface area contributed by atoms with Gasteiger partial charge in [0.25, 0.3) is 0 Å². The lowest BCUT2D eigenvalue weighted by atomic mass is 10.0. The van der Waals surface area contributed by atoms with Gasteiger partial charge in [-0.15, -0.1) is 11.3 Å². The lowest BCUT2D eigenvalue weighted by Crippen LogP contribution is -2.16. The van der Waals surface area contributed by atoms with Crippen molar-refractivity contribution in [3.8, 4) is 0 Å². The van der Waals surface area contributed by atoms with E-state index in [-0.39, 0.29) is 11.9 Å². The molecule has 1 aliphatic carbocycles. The molecule has 0 saturated carbocycles. The van der Waals surface area contributed by atoms with Crippen molar-refractivity contribution in [1.29, 1.82) is 0 Å². The molecule has 0 saturated heterocycles. The molecule has 1 aromatic heterocycles. The first-order valence-electron chi connectivity index (χ1n) is 6.32. The predicted molar refractivity (Wildman–Crippen MR) is 73.6 cm³/mol. The smallest absolute Gasteiger partial charge is 0.123 e. The SMILES string of the molecule is CNC(c1cccc(F)c1)c1cc2c(s1)CCC2. The molecule has 1 unspecified atom stereocenters. The van der Waals surface area contributed by atoms with Gasteiger partial charge in [0.2, 0.25) is 0 Å². The van der Waals surface area contributed by atoms with Crippen molar-refractivity contribution in [3.63, 3.8) is 0 Å². The fraction of sp³-hybridized carbons (Fsp3) is 0.333. The number of nitrogens with one attached hydrogen (secondary N) is 1. The molecule has 1 aliphatic rings. The van der Waals surface area contributed by atoms with Crippen molar-refractivity contribution >= 4 is 11.3 Å². The maximum Gasteiger partial charge on any atom is 0.123 e. The molecule has 0 radical (unpaired) electrons. The molecule has 2 aromatic rings. The van der Waals surface area contributed by atoms with Crippen molar-refractivity contribution in [1.82, 2.24) is 5.32 Å². The second-order valence-corrected chi connectivity index (χ2v) is 5.90. The minimum Gasteiger partial charge on any atom is -0.309 e. The number of rotatable bonds is 3. The number of fused-ring (bicyclic) bond motifs is 1. The lowest BCUT2D eigenvalue weighted by Gasteiger charge is -2.15. The maximum absolute atomic E-state index is 13.3. The van der Waals surface area contributed by atoms with Gasteiger partial charge in [0, 0.05) is 9.75 Å². The van der Waals surface area contributed by atoms with E-state index in [1.54, 1.807) is 12.1 Å². The third kappa shape index (κ3) is 2.08. The Morgan fingerprint density at radius 3 is 2.89 bits per heavy atom. The zero-order chi connectivity index (χ0) is 12.5. The van der Waals surface area contributed by atoms with Crippen molar-refractivity contribution in [3.05, 3.63) is 57.0 Å². The zero-order valence-electron chi connectivity index (χ0n) is 10.4. The number of benzene rings is 1. The van der Waals surface area contributed by atoms with E-state index >= 15 is 0 Å². The molecule has 1 N–H and O–H groups in total. The molecule has 1 nitrogen and oxygen atoms in total. The number of hydrogen-bond donors (Lipinski definition) is 1. The monoisotopic (exact) mass is 261 g/mol. The molecule has 0 aliphatic heterocycles. The summed E-state index contributed by atoms with van der Waals surface area (Å²) in [6, 6.07) is 9.26. The molecule has 3 rings (SSSR count). The highest BCUT2D eigenvalue weighted by Crippen LogP contribution is 2.35. The second kappa shape index (κ2) is 4.82. The van der Waals surface area contributed by atoms with Crippen molar-refractivity contribution < 1.29 is 4.39 Å². The summed E-state index contributed by atoms with van der Waals surface area (Å²) in [5, 5.41) is 3.29. The van der Waals surface area contributed by atoms with E-state index in [4.69, 9.17) is 0 Å². The van der Waals surface area contributed by atoms with Gasteiger partial charge in [-0.1, -0.05) is 12.1 Å². The molecule has 0 amide bonds. The molecular weight excluding hydrogens is 245 g/mol. The first-order chi connectivity index (χ1) is 8.78. The van der Waals surface area contributed by atoms with Gasteiger partial charge in [0.1, 0.15) is 5.82 Å². The summed E-state index contributed by atoms with van der Waals surface area (Å²) in [7, 11) is 1.93. The van der Waals surface area contributed by atoms with E-state index in [1.165, 1.54) is 40.6 Å². The average molecular weight is 261 g/mol. The number of hydrogen-bond acceptors (Lipinski definition) is 2. The second-order valence-electron chi connectivity index (χ2n) is 4.73. The van der Waals surface area contributed by atoms with Gasteiger partial charge in [0.15, 0.2) is 0 Å². The van der Waals surface area contributed by atoms with Crippen LogP contribution in [0.1, 0.15) is 33.3 Å². The quantitative estimate of drug-likeness (QED) is 0.888. The summed E-state index contributed by atoms with van der Waals surface area (Å²) in [5.41, 5.74) is 2.49. The normalized spacial score (nSPS) is 15.7. The standard InChI is InChI=1S/C15H16FNS/c1-17-15(11-5-2-6-12(16)8-11)14-9-10-4-3-7-13(10)18-14/h2,5-6,8-9,15,17H,3-4,7H2,1H3. The summed E-state index contributed by atoms with van der Waals surface area (Å²) in [6.07, 6.45) is 3.69. The van der Waals surface area contributed by atoms with Crippen LogP contribution in [0.15, 0.2) is 30.3 Å². The van der Waals surface area contributed by atoms with Gasteiger partial charge in [-0.2, -0.15) is 0 Å². The van der Waals surface area contributed by atoms with Crippen LogP contribution < -0.4 is 5.32 Å². The van der Waals surface area contributed by atoms with Gasteiger partial charge in [-0.25, -0.2) is 4.39 Å². The van der Waals surface area contributed by atoms with Crippen LogP contribution in [0.4, 0.5) is 4.39 Å². The topological polar surface area (TPSA) is 12.0 Å². The van der Waals surface area contributed by atoms with Crippen LogP contribution in [0, 0.1) is 5.82 Å². The van der Waals surface area contributed by atoms with Crippen LogP contribution in [-0.4, -0.2) is 7.05 Å². The van der Waals surface area contributed by atoms with Gasteiger partial charge < -0.3 is 5.32 Å². The number of halogens is 1. The van der Waals surface area contributed by atoms with Crippen LogP contribution >= 0.6 is 11.3 Å². The average Bonchev–Trinajstić information content (AvgIpc) is 2.91. The first-order valence-corrected chi connectivity index (χ1v) is 7.14. The Bertz CT molecular complexity index is 540. The Hall–Kier alpha value is -1.19. The van der Waals surface area contributed by atoms with E-state index in [9.17, 15) is 4.39 Å². The first kappa shape index (κ1) is 11.9. The molecule has 0 bridgehead atoms. The largest absolute Gasteiger partial charge is 0.309 e. The highest BCUT2D eigenvalue weighted by Gasteiger charge is 2.20. The van der Waals surface area contributed by atoms with Crippen molar-refractivity contribution in [2.75, 3.05) is 7.05 Å². The van der Waals surface area contributed by atoms with Gasteiger partial charge in [0.05, 0.1) is 6.04 Å². The Morgan fingerprint density at radius 1 is 1.28 bits per heavy atom. The summed E-state index contributed by atoms with van der Waals surface area (Å²) in [4.78, 5) is 2.81. The number of aryl methyl sites for hydroxylation is 2. The molecule has 1 aromatic carbocycles. The molecule has 1 atom stereocenters. The number of thiophene rings is 1. The van der Waals surface area contributed by atoms with Crippen LogP contribution in [0.2, 0.25) is 0 Å². The third-order valence-electron chi connectivity index (χ3n) is 3.52. The Kier molecular flexibility index (Phi) is 3.18. The molecular formula is C15H16FNS. The summed E-state index contributed by atoms with van der Waals surface area (Å²) >= 11 is 1.87. The summed E-state index contributed by atoms with van der Waals surface area (Å²) in [5.74, 6) is -0.170. The Labute approximate surface area is 111 Å². The van der Waals surface area contributed by atoms with Crippen LogP contribution in [0.5, 0.6) is 0 Å². The van der Waals surface area contributed by atoms with Gasteiger partial charge in [-0.05, 0) is 55.6 Å². The van der Waals surface area contributed by atoms with Gasteiger partial charge >= 0.3 is 0 Å². The Balaban J connectivity index is 1.96. The minimum atomic E-state index is -0.170. The highest BCUT2D eigenvalue weighted by atomic mass is 32.1. The van der Waals surface area contributed by atoms with E-state index in [1.807, 2.05) is 24.5 Å². The van der Waals surface area contributed by atoms with E-state index in [0.29, 0.717) is 0 Å². The molecule has 1 heterocycles. The van der Waals surface area contributed by atoms with E-state index < -0.39 is 0 Å². The predicted octanol–water partition coefficient (Wildman–Crippen LogP) is 3.68. The molecule has 0 fully saturated rings. The Morgan fingerprint density at radius 2 is 2.17 bits per heavy atom. The van der Waals surface area contributed by atoms with Gasteiger partial charge in [-0.3, -0.25) is 0 Å². The highest BCUT2D eigenvalue weighted by molar-refractivity contribution is 7.12. The molecule has 0 spiro atoms. The minimum absolute atomic E-state index is 0.108.